The summed E-state index contributed by atoms with van der Waals surface area (Å²) < 4.78 is 4.82. The van der Waals surface area contributed by atoms with Crippen molar-refractivity contribution < 1.29 is 29.3 Å². The van der Waals surface area contributed by atoms with Crippen LogP contribution in [0.1, 0.15) is 37.5 Å². The molecular formula is C29H24N2O6. The lowest BCUT2D eigenvalue weighted by atomic mass is 10.0. The van der Waals surface area contributed by atoms with Crippen molar-refractivity contribution in [2.75, 3.05) is 7.11 Å². The maximum absolute atomic E-state index is 13.0. The third kappa shape index (κ3) is 6.18. The number of aromatic nitrogens is 1. The third-order valence-electron chi connectivity index (χ3n) is 5.73. The molecule has 4 aromatic rings. The number of hydrogen-bond acceptors (Lipinski definition) is 6. The van der Waals surface area contributed by atoms with Crippen LogP contribution >= 0.6 is 0 Å². The predicted octanol–water partition coefficient (Wildman–Crippen LogP) is 4.32. The van der Waals surface area contributed by atoms with E-state index in [9.17, 15) is 24.6 Å². The Bertz CT molecular complexity index is 1480. The molecule has 0 spiro atoms. The fourth-order valence-electron chi connectivity index (χ4n) is 3.83. The van der Waals surface area contributed by atoms with Crippen LogP contribution in [0.15, 0.2) is 78.9 Å². The number of amides is 1. The van der Waals surface area contributed by atoms with Crippen molar-refractivity contribution in [3.63, 3.8) is 0 Å². The molecule has 4 rings (SSSR count). The van der Waals surface area contributed by atoms with Crippen LogP contribution in [-0.2, 0) is 16.0 Å². The Labute approximate surface area is 212 Å². The number of benzene rings is 3. The van der Waals surface area contributed by atoms with Crippen molar-refractivity contribution in [1.29, 1.82) is 0 Å². The first-order valence-corrected chi connectivity index (χ1v) is 11.4. The Morgan fingerprint density at radius 1 is 0.946 bits per heavy atom. The zero-order valence-corrected chi connectivity index (χ0v) is 19.9. The molecule has 8 heteroatoms. The van der Waals surface area contributed by atoms with Crippen molar-refractivity contribution in [1.82, 2.24) is 10.3 Å². The van der Waals surface area contributed by atoms with Gasteiger partial charge in [-0.25, -0.2) is 14.6 Å². The smallest absolute Gasteiger partial charge is 0.336 e. The lowest BCUT2D eigenvalue weighted by molar-refractivity contribution is -0.142. The number of aromatic hydroxyl groups is 1. The van der Waals surface area contributed by atoms with Gasteiger partial charge in [-0.3, -0.25) is 4.79 Å². The number of phenolic OH excluding ortho intramolecular Hbond substituents is 1. The number of ether oxygens (including phenoxy) is 1. The molecule has 1 aromatic heterocycles. The van der Waals surface area contributed by atoms with Crippen LogP contribution in [0.25, 0.3) is 23.1 Å². The van der Waals surface area contributed by atoms with Gasteiger partial charge in [-0.1, -0.05) is 60.7 Å². The highest BCUT2D eigenvalue weighted by atomic mass is 16.5. The minimum Gasteiger partial charge on any atom is -0.508 e. The van der Waals surface area contributed by atoms with Crippen molar-refractivity contribution >= 4 is 40.9 Å². The molecule has 3 N–H and O–H groups in total. The van der Waals surface area contributed by atoms with Gasteiger partial charge in [-0.05, 0) is 47.0 Å². The first kappa shape index (κ1) is 25.1. The molecule has 0 aliphatic carbocycles. The van der Waals surface area contributed by atoms with E-state index in [1.54, 1.807) is 30.3 Å². The number of carboxylic acids is 1. The van der Waals surface area contributed by atoms with E-state index in [0.717, 1.165) is 11.1 Å². The summed E-state index contributed by atoms with van der Waals surface area (Å²) in [6.45, 7) is 0. The minimum absolute atomic E-state index is 0.0719. The summed E-state index contributed by atoms with van der Waals surface area (Å²) in [6, 6.07) is 21.2. The number of fused-ring (bicyclic) bond motifs is 1. The van der Waals surface area contributed by atoms with Gasteiger partial charge >= 0.3 is 11.9 Å². The lowest BCUT2D eigenvalue weighted by Gasteiger charge is -2.17. The van der Waals surface area contributed by atoms with Crippen LogP contribution in [0.2, 0.25) is 0 Å². The van der Waals surface area contributed by atoms with Gasteiger partial charge in [0, 0.05) is 11.8 Å². The number of rotatable bonds is 8. The largest absolute Gasteiger partial charge is 0.508 e. The summed E-state index contributed by atoms with van der Waals surface area (Å²) in [7, 11) is 1.21. The maximum Gasteiger partial charge on any atom is 0.336 e. The maximum atomic E-state index is 13.0. The summed E-state index contributed by atoms with van der Waals surface area (Å²) in [5, 5.41) is 22.3. The van der Waals surface area contributed by atoms with Gasteiger partial charge in [0.05, 0.1) is 18.2 Å². The molecule has 0 radical (unpaired) electrons. The molecule has 0 unspecified atom stereocenters. The highest BCUT2D eigenvalue weighted by Crippen LogP contribution is 2.22. The molecule has 37 heavy (non-hydrogen) atoms. The SMILES string of the molecule is COC(=O)[C@H](Cc1ccc(O)cc1)NC(=O)c1cc(C(=O)O)c2cc(C=Cc3ccccc3)ccc2n1. The zero-order valence-electron chi connectivity index (χ0n) is 19.9. The van der Waals surface area contributed by atoms with Crippen LogP contribution in [0.5, 0.6) is 5.75 Å². The van der Waals surface area contributed by atoms with Gasteiger partial charge < -0.3 is 20.3 Å². The number of nitrogens with zero attached hydrogens (tertiary/aromatic N) is 1. The van der Waals surface area contributed by atoms with Gasteiger partial charge in [-0.15, -0.1) is 0 Å². The van der Waals surface area contributed by atoms with E-state index >= 15 is 0 Å². The Kier molecular flexibility index (Phi) is 7.59. The molecule has 0 fully saturated rings. The van der Waals surface area contributed by atoms with Gasteiger partial charge in [0.2, 0.25) is 0 Å². The second-order valence-electron chi connectivity index (χ2n) is 8.30. The number of pyridine rings is 1. The molecule has 8 nitrogen and oxygen atoms in total. The van der Waals surface area contributed by atoms with Crippen LogP contribution in [0.4, 0.5) is 0 Å². The van der Waals surface area contributed by atoms with Gasteiger partial charge in [0.1, 0.15) is 17.5 Å². The van der Waals surface area contributed by atoms with E-state index in [1.165, 1.54) is 25.3 Å². The number of carboxylic acid groups (broad SMARTS) is 1. The number of esters is 1. The van der Waals surface area contributed by atoms with E-state index in [4.69, 9.17) is 4.74 Å². The summed E-state index contributed by atoms with van der Waals surface area (Å²) in [5.74, 6) is -2.52. The summed E-state index contributed by atoms with van der Waals surface area (Å²) >= 11 is 0. The summed E-state index contributed by atoms with van der Waals surface area (Å²) in [5.41, 5.74) is 2.56. The van der Waals surface area contributed by atoms with E-state index in [-0.39, 0.29) is 23.4 Å². The third-order valence-corrected chi connectivity index (χ3v) is 5.73. The van der Waals surface area contributed by atoms with Crippen LogP contribution in [0.3, 0.4) is 0 Å². The highest BCUT2D eigenvalue weighted by molar-refractivity contribution is 6.06. The molecule has 1 heterocycles. The van der Waals surface area contributed by atoms with Crippen molar-refractivity contribution in [3.05, 3.63) is 107 Å². The molecular weight excluding hydrogens is 472 g/mol. The number of phenols is 1. The van der Waals surface area contributed by atoms with E-state index in [0.29, 0.717) is 16.5 Å². The standard InChI is InChI=1S/C29H24N2O6/c1-37-29(36)26(16-20-9-12-21(32)13-10-20)31-27(33)25-17-23(28(34)35)22-15-19(11-14-24(22)30-25)8-7-18-5-3-2-4-6-18/h2-15,17,26,32H,16H2,1H3,(H,31,33)(H,34,35)/t26-/m0/s1. The quantitative estimate of drug-likeness (QED) is 0.245. The van der Waals surface area contributed by atoms with Gasteiger partial charge in [-0.2, -0.15) is 0 Å². The first-order valence-electron chi connectivity index (χ1n) is 11.4. The number of methoxy groups -OCH3 is 1. The number of hydrogen-bond donors (Lipinski definition) is 3. The molecule has 186 valence electrons. The predicted molar refractivity (Wildman–Crippen MR) is 139 cm³/mol. The van der Waals surface area contributed by atoms with E-state index < -0.39 is 23.9 Å². The van der Waals surface area contributed by atoms with Crippen molar-refractivity contribution in [3.8, 4) is 5.75 Å². The Morgan fingerprint density at radius 2 is 1.65 bits per heavy atom. The summed E-state index contributed by atoms with van der Waals surface area (Å²) in [6.07, 6.45) is 3.89. The monoisotopic (exact) mass is 496 g/mol. The topological polar surface area (TPSA) is 126 Å². The normalized spacial score (nSPS) is 11.8. The summed E-state index contributed by atoms with van der Waals surface area (Å²) in [4.78, 5) is 41.8. The highest BCUT2D eigenvalue weighted by Gasteiger charge is 2.24. The second kappa shape index (κ2) is 11.2. The number of aromatic carboxylic acids is 1. The van der Waals surface area contributed by atoms with Crippen LogP contribution in [-0.4, -0.2) is 46.2 Å². The number of carbonyl (C=O) groups is 3. The van der Waals surface area contributed by atoms with E-state index in [1.807, 2.05) is 42.5 Å². The van der Waals surface area contributed by atoms with Gasteiger partial charge in [0.25, 0.3) is 5.91 Å². The molecule has 0 saturated heterocycles. The Morgan fingerprint density at radius 3 is 2.32 bits per heavy atom. The molecule has 0 aliphatic rings. The molecule has 1 amide bonds. The molecule has 0 saturated carbocycles. The van der Waals surface area contributed by atoms with Gasteiger partial charge in [0.15, 0.2) is 0 Å². The van der Waals surface area contributed by atoms with E-state index in [2.05, 4.69) is 10.3 Å². The van der Waals surface area contributed by atoms with Crippen molar-refractivity contribution in [2.45, 2.75) is 12.5 Å². The number of carbonyl (C=O) groups excluding carboxylic acids is 2. The molecule has 0 aliphatic heterocycles. The number of nitrogens with one attached hydrogen (secondary N) is 1. The average Bonchev–Trinajstić information content (AvgIpc) is 2.91. The fraction of sp³-hybridized carbons (Fsp3) is 0.103. The molecule has 0 bridgehead atoms. The molecule has 1 atom stereocenters. The van der Waals surface area contributed by atoms with Crippen LogP contribution in [0, 0.1) is 0 Å². The minimum atomic E-state index is -1.21. The first-order chi connectivity index (χ1) is 17.8. The van der Waals surface area contributed by atoms with Crippen LogP contribution < -0.4 is 5.32 Å². The lowest BCUT2D eigenvalue weighted by Crippen LogP contribution is -2.43. The average molecular weight is 497 g/mol. The zero-order chi connectivity index (χ0) is 26.4. The van der Waals surface area contributed by atoms with Crippen molar-refractivity contribution in [2.24, 2.45) is 0 Å². The Balaban J connectivity index is 1.62. The molecule has 3 aromatic carbocycles. The second-order valence-corrected chi connectivity index (χ2v) is 8.30. The fourth-order valence-corrected chi connectivity index (χ4v) is 3.83. The Hall–Kier alpha value is -4.98.